The minimum Gasteiger partial charge on any atom is -0.497 e. The van der Waals surface area contributed by atoms with Gasteiger partial charge in [0.15, 0.2) is 0 Å². The molecule has 0 aliphatic carbocycles. The zero-order valence-corrected chi connectivity index (χ0v) is 13.1. The van der Waals surface area contributed by atoms with Crippen LogP contribution >= 0.6 is 23.4 Å². The molecule has 21 heavy (non-hydrogen) atoms. The van der Waals surface area contributed by atoms with Crippen LogP contribution in [0.4, 0.5) is 10.5 Å². The van der Waals surface area contributed by atoms with Crippen LogP contribution in [0.15, 0.2) is 18.2 Å². The maximum atomic E-state index is 12.3. The molecular formula is C13H15ClN2O4S. The molecule has 2 N–H and O–H groups in total. The Morgan fingerprint density at radius 1 is 1.52 bits per heavy atom. The van der Waals surface area contributed by atoms with E-state index in [1.807, 2.05) is 0 Å². The van der Waals surface area contributed by atoms with Crippen LogP contribution in [-0.2, 0) is 4.79 Å². The number of hydrogen-bond acceptors (Lipinski definition) is 4. The highest BCUT2D eigenvalue weighted by molar-refractivity contribution is 8.00. The van der Waals surface area contributed by atoms with Crippen LogP contribution in [0.3, 0.4) is 0 Å². The monoisotopic (exact) mass is 330 g/mol. The van der Waals surface area contributed by atoms with E-state index in [4.69, 9.17) is 16.3 Å². The highest BCUT2D eigenvalue weighted by Crippen LogP contribution is 2.31. The van der Waals surface area contributed by atoms with Gasteiger partial charge in [0.25, 0.3) is 0 Å². The molecular weight excluding hydrogens is 316 g/mol. The summed E-state index contributed by atoms with van der Waals surface area (Å²) in [6.07, 6.45) is 0. The second-order valence-corrected chi connectivity index (χ2v) is 6.23. The molecule has 1 saturated heterocycles. The van der Waals surface area contributed by atoms with E-state index in [0.717, 1.165) is 0 Å². The number of rotatable bonds is 3. The smallest absolute Gasteiger partial charge is 0.327 e. The number of carboxylic acid groups (broad SMARTS) is 1. The molecule has 114 valence electrons. The van der Waals surface area contributed by atoms with Crippen molar-refractivity contribution in [2.75, 3.05) is 18.2 Å². The molecule has 0 radical (unpaired) electrons. The van der Waals surface area contributed by atoms with E-state index in [0.29, 0.717) is 22.2 Å². The number of aliphatic carboxylic acids is 1. The summed E-state index contributed by atoms with van der Waals surface area (Å²) in [5.41, 5.74) is 0.384. The molecule has 1 aliphatic heterocycles. The third kappa shape index (κ3) is 3.36. The Kier molecular flexibility index (Phi) is 4.84. The Morgan fingerprint density at radius 3 is 2.86 bits per heavy atom. The van der Waals surface area contributed by atoms with Gasteiger partial charge in [-0.2, -0.15) is 0 Å². The SMILES string of the molecule is COc1ccc(Cl)c(NC(=O)N2C(C)SCC2C(=O)O)c1. The number of benzene rings is 1. The highest BCUT2D eigenvalue weighted by atomic mass is 35.5. The first-order chi connectivity index (χ1) is 9.93. The second-order valence-electron chi connectivity index (χ2n) is 4.47. The van der Waals surface area contributed by atoms with E-state index in [-0.39, 0.29) is 5.37 Å². The first-order valence-corrected chi connectivity index (χ1v) is 7.64. The van der Waals surface area contributed by atoms with E-state index in [2.05, 4.69) is 5.32 Å². The Labute approximate surface area is 131 Å². The molecule has 1 heterocycles. The van der Waals surface area contributed by atoms with Gasteiger partial charge in [0.05, 0.1) is 23.2 Å². The van der Waals surface area contributed by atoms with E-state index < -0.39 is 18.0 Å². The molecule has 2 rings (SSSR count). The van der Waals surface area contributed by atoms with Gasteiger partial charge >= 0.3 is 12.0 Å². The van der Waals surface area contributed by atoms with Gasteiger partial charge in [0.1, 0.15) is 11.8 Å². The number of carbonyl (C=O) groups excluding carboxylic acids is 1. The topological polar surface area (TPSA) is 78.9 Å². The Morgan fingerprint density at radius 2 is 2.24 bits per heavy atom. The molecule has 8 heteroatoms. The molecule has 1 aromatic carbocycles. The van der Waals surface area contributed by atoms with Crippen molar-refractivity contribution in [2.24, 2.45) is 0 Å². The summed E-state index contributed by atoms with van der Waals surface area (Å²) in [6.45, 7) is 1.79. The number of urea groups is 1. The fourth-order valence-corrected chi connectivity index (χ4v) is 3.38. The molecule has 2 atom stereocenters. The maximum Gasteiger partial charge on any atom is 0.327 e. The number of amides is 2. The predicted octanol–water partition coefficient (Wildman–Crippen LogP) is 2.73. The number of halogens is 1. The van der Waals surface area contributed by atoms with Crippen molar-refractivity contribution in [3.8, 4) is 5.75 Å². The first-order valence-electron chi connectivity index (χ1n) is 6.21. The molecule has 0 aromatic heterocycles. The number of nitrogens with zero attached hydrogens (tertiary/aromatic N) is 1. The van der Waals surface area contributed by atoms with Gasteiger partial charge in [0.2, 0.25) is 0 Å². The van der Waals surface area contributed by atoms with E-state index >= 15 is 0 Å². The molecule has 0 spiro atoms. The molecule has 2 unspecified atom stereocenters. The van der Waals surface area contributed by atoms with Gasteiger partial charge in [0, 0.05) is 11.8 Å². The third-order valence-electron chi connectivity index (χ3n) is 3.16. The van der Waals surface area contributed by atoms with Crippen molar-refractivity contribution in [3.63, 3.8) is 0 Å². The maximum absolute atomic E-state index is 12.3. The lowest BCUT2D eigenvalue weighted by Gasteiger charge is -2.25. The van der Waals surface area contributed by atoms with Crippen LogP contribution in [0, 0.1) is 0 Å². The molecule has 0 saturated carbocycles. The minimum absolute atomic E-state index is 0.213. The largest absolute Gasteiger partial charge is 0.497 e. The summed E-state index contributed by atoms with van der Waals surface area (Å²) in [5.74, 6) is -0.0949. The van der Waals surface area contributed by atoms with Crippen LogP contribution in [0.1, 0.15) is 6.92 Å². The van der Waals surface area contributed by atoms with Crippen LogP contribution in [-0.4, -0.2) is 46.3 Å². The first kappa shape index (κ1) is 15.8. The number of carboxylic acids is 1. The summed E-state index contributed by atoms with van der Waals surface area (Å²) in [7, 11) is 1.51. The van der Waals surface area contributed by atoms with Crippen LogP contribution < -0.4 is 10.1 Å². The van der Waals surface area contributed by atoms with Crippen molar-refractivity contribution < 1.29 is 19.4 Å². The highest BCUT2D eigenvalue weighted by Gasteiger charge is 2.39. The van der Waals surface area contributed by atoms with Crippen LogP contribution in [0.25, 0.3) is 0 Å². The van der Waals surface area contributed by atoms with Gasteiger partial charge < -0.3 is 15.2 Å². The number of carbonyl (C=O) groups is 2. The lowest BCUT2D eigenvalue weighted by molar-refractivity contribution is -0.141. The molecule has 0 bridgehead atoms. The fraction of sp³-hybridized carbons (Fsp3) is 0.385. The number of thioether (sulfide) groups is 1. The molecule has 1 fully saturated rings. The van der Waals surface area contributed by atoms with Gasteiger partial charge in [-0.25, -0.2) is 9.59 Å². The fourth-order valence-electron chi connectivity index (χ4n) is 2.05. The molecule has 6 nitrogen and oxygen atoms in total. The number of nitrogens with one attached hydrogen (secondary N) is 1. The zero-order valence-electron chi connectivity index (χ0n) is 11.5. The number of anilines is 1. The second kappa shape index (κ2) is 6.44. The summed E-state index contributed by atoms with van der Waals surface area (Å²) in [4.78, 5) is 24.8. The lowest BCUT2D eigenvalue weighted by atomic mass is 10.3. The third-order valence-corrected chi connectivity index (χ3v) is 4.70. The van der Waals surface area contributed by atoms with Crippen molar-refractivity contribution in [1.29, 1.82) is 0 Å². The summed E-state index contributed by atoms with van der Waals surface area (Å²) >= 11 is 7.45. The average molecular weight is 331 g/mol. The summed E-state index contributed by atoms with van der Waals surface area (Å²) < 4.78 is 5.08. The number of hydrogen-bond donors (Lipinski definition) is 2. The van der Waals surface area contributed by atoms with E-state index in [9.17, 15) is 14.7 Å². The summed E-state index contributed by atoms with van der Waals surface area (Å²) in [5, 5.41) is 12.0. The van der Waals surface area contributed by atoms with Gasteiger partial charge in [-0.3, -0.25) is 4.90 Å². The Balaban J connectivity index is 2.19. The molecule has 2 amide bonds. The van der Waals surface area contributed by atoms with Crippen molar-refractivity contribution in [1.82, 2.24) is 4.90 Å². The van der Waals surface area contributed by atoms with Crippen LogP contribution in [0.5, 0.6) is 5.75 Å². The van der Waals surface area contributed by atoms with Crippen molar-refractivity contribution >= 4 is 41.1 Å². The molecule has 1 aliphatic rings. The quantitative estimate of drug-likeness (QED) is 0.891. The van der Waals surface area contributed by atoms with Crippen molar-refractivity contribution in [3.05, 3.63) is 23.2 Å². The Bertz CT molecular complexity index is 569. The van der Waals surface area contributed by atoms with Crippen molar-refractivity contribution in [2.45, 2.75) is 18.3 Å². The van der Waals surface area contributed by atoms with Crippen LogP contribution in [0.2, 0.25) is 5.02 Å². The van der Waals surface area contributed by atoms with Gasteiger partial charge in [-0.15, -0.1) is 11.8 Å². The van der Waals surface area contributed by atoms with E-state index in [1.54, 1.807) is 25.1 Å². The number of methoxy groups -OCH3 is 1. The standard InChI is InChI=1S/C13H15ClN2O4S/c1-7-16(11(6-21-7)12(17)18)13(19)15-10-5-8(20-2)3-4-9(10)14/h3-5,7,11H,6H2,1-2H3,(H,15,19)(H,17,18). The predicted molar refractivity (Wildman–Crippen MR) is 82.2 cm³/mol. The Hall–Kier alpha value is -1.60. The average Bonchev–Trinajstić information content (AvgIpc) is 2.83. The summed E-state index contributed by atoms with van der Waals surface area (Å²) in [6, 6.07) is 3.53. The minimum atomic E-state index is -1.02. The van der Waals surface area contributed by atoms with Gasteiger partial charge in [-0.1, -0.05) is 11.6 Å². The molecule has 1 aromatic rings. The zero-order chi connectivity index (χ0) is 15.6. The van der Waals surface area contributed by atoms with Gasteiger partial charge in [-0.05, 0) is 19.1 Å². The van der Waals surface area contributed by atoms with E-state index in [1.165, 1.54) is 23.8 Å². The number of ether oxygens (including phenoxy) is 1. The normalized spacial score (nSPS) is 21.2. The lowest BCUT2D eigenvalue weighted by Crippen LogP contribution is -2.46.